The van der Waals surface area contributed by atoms with Crippen molar-refractivity contribution in [1.82, 2.24) is 19.9 Å². The Kier molecular flexibility index (Phi) is 5.06. The number of nitrogens with two attached hydrogens (primary N) is 1. The summed E-state index contributed by atoms with van der Waals surface area (Å²) in [6.45, 7) is 3.04. The summed E-state index contributed by atoms with van der Waals surface area (Å²) in [5.41, 5.74) is 8.91. The molecule has 0 unspecified atom stereocenters. The number of fused-ring (bicyclic) bond motifs is 3. The third-order valence-corrected chi connectivity index (χ3v) is 7.52. The van der Waals surface area contributed by atoms with E-state index in [4.69, 9.17) is 15.5 Å². The molecule has 10 heteroatoms. The number of ether oxygens (including phenoxy) is 1. The summed E-state index contributed by atoms with van der Waals surface area (Å²) in [6, 6.07) is 3.91. The van der Waals surface area contributed by atoms with Gasteiger partial charge in [-0.25, -0.2) is 15.0 Å². The number of primary amides is 1. The molecule has 2 bridgehead atoms. The smallest absolute Gasteiger partial charge is 0.223 e. The lowest BCUT2D eigenvalue weighted by atomic mass is 9.88. The van der Waals surface area contributed by atoms with Gasteiger partial charge in [0.05, 0.1) is 29.3 Å². The molecule has 0 aromatic carbocycles. The number of allylic oxidation sites excluding steroid dienone is 1. The highest BCUT2D eigenvalue weighted by Gasteiger charge is 2.47. The highest BCUT2D eigenvalue weighted by Crippen LogP contribution is 2.46. The molecule has 6 rings (SSSR count). The monoisotopic (exact) mass is 509 g/mol. The molecular formula is C23H24BrN7O2. The van der Waals surface area contributed by atoms with E-state index in [1.54, 1.807) is 12.4 Å². The van der Waals surface area contributed by atoms with Crippen LogP contribution in [0.5, 0.6) is 0 Å². The summed E-state index contributed by atoms with van der Waals surface area (Å²) in [5.74, 6) is 1.60. The fourth-order valence-electron chi connectivity index (χ4n) is 5.31. The minimum atomic E-state index is -0.263. The van der Waals surface area contributed by atoms with Crippen LogP contribution in [0.25, 0.3) is 22.6 Å². The molecule has 3 aromatic rings. The molecule has 0 spiro atoms. The van der Waals surface area contributed by atoms with Crippen molar-refractivity contribution in [3.05, 3.63) is 41.2 Å². The van der Waals surface area contributed by atoms with Gasteiger partial charge in [0.25, 0.3) is 0 Å². The highest BCUT2D eigenvalue weighted by molar-refractivity contribution is 9.10. The summed E-state index contributed by atoms with van der Waals surface area (Å²) in [6.07, 6.45) is 8.81. The van der Waals surface area contributed by atoms with Crippen LogP contribution in [-0.2, 0) is 9.53 Å². The second-order valence-corrected chi connectivity index (χ2v) is 9.67. The first-order chi connectivity index (χ1) is 16.1. The molecule has 3 aliphatic rings. The van der Waals surface area contributed by atoms with Crippen LogP contribution in [0.3, 0.4) is 0 Å². The van der Waals surface area contributed by atoms with Crippen LogP contribution in [0.15, 0.2) is 41.2 Å². The van der Waals surface area contributed by atoms with Crippen molar-refractivity contribution in [2.24, 2.45) is 23.5 Å². The Morgan fingerprint density at radius 3 is 2.88 bits per heavy atom. The number of morpholine rings is 1. The molecule has 9 nitrogen and oxygen atoms in total. The number of hydrogen-bond acceptors (Lipinski definition) is 7. The normalized spacial score (nSPS) is 26.3. The first kappa shape index (κ1) is 20.6. The Bertz CT molecular complexity index is 1250. The van der Waals surface area contributed by atoms with E-state index in [1.807, 2.05) is 12.1 Å². The molecule has 170 valence electrons. The lowest BCUT2D eigenvalue weighted by Gasteiger charge is -2.28. The number of pyridine rings is 2. The highest BCUT2D eigenvalue weighted by atomic mass is 79.9. The largest absolute Gasteiger partial charge is 0.378 e. The number of halogens is 1. The third-order valence-electron chi connectivity index (χ3n) is 6.92. The van der Waals surface area contributed by atoms with Crippen molar-refractivity contribution in [2.75, 3.05) is 36.5 Å². The van der Waals surface area contributed by atoms with Crippen molar-refractivity contribution >= 4 is 44.5 Å². The van der Waals surface area contributed by atoms with Gasteiger partial charge in [-0.15, -0.1) is 0 Å². The van der Waals surface area contributed by atoms with Gasteiger partial charge in [0, 0.05) is 37.1 Å². The number of anilines is 2. The van der Waals surface area contributed by atoms with Crippen LogP contribution in [-0.4, -0.2) is 58.2 Å². The summed E-state index contributed by atoms with van der Waals surface area (Å²) < 4.78 is 6.25. The predicted octanol–water partition coefficient (Wildman–Crippen LogP) is 2.71. The van der Waals surface area contributed by atoms with E-state index in [0.29, 0.717) is 18.9 Å². The van der Waals surface area contributed by atoms with Crippen molar-refractivity contribution in [3.63, 3.8) is 0 Å². The molecule has 1 amide bonds. The van der Waals surface area contributed by atoms with Crippen LogP contribution in [0.2, 0.25) is 0 Å². The maximum absolute atomic E-state index is 12.2. The fourth-order valence-corrected chi connectivity index (χ4v) is 5.71. The molecule has 0 radical (unpaired) electrons. The number of imidazole rings is 1. The molecule has 2 aliphatic carbocycles. The van der Waals surface area contributed by atoms with Gasteiger partial charge in [0.2, 0.25) is 5.91 Å². The number of nitrogens with one attached hydrogen (secondary N) is 2. The number of carbonyl (C=O) groups is 1. The Morgan fingerprint density at radius 2 is 2.06 bits per heavy atom. The molecule has 4 N–H and O–H groups in total. The van der Waals surface area contributed by atoms with Crippen LogP contribution >= 0.6 is 15.9 Å². The van der Waals surface area contributed by atoms with Crippen LogP contribution in [0.1, 0.15) is 6.42 Å². The van der Waals surface area contributed by atoms with Gasteiger partial charge < -0.3 is 25.7 Å². The SMILES string of the molecule is NC(=O)[C@@H]1[C@H](Nc2c(Br)cnc3[nH]c(-c4ccnc(N5CCOCC5)c4)nc23)[C@H]2C=C[C@@H]1C2. The van der Waals surface area contributed by atoms with E-state index in [-0.39, 0.29) is 29.7 Å². The number of H-pyrrole nitrogens is 1. The maximum atomic E-state index is 12.2. The van der Waals surface area contributed by atoms with Gasteiger partial charge in [-0.05, 0) is 46.3 Å². The molecular weight excluding hydrogens is 486 g/mol. The number of amides is 1. The molecule has 2 fully saturated rings. The molecule has 4 atom stereocenters. The van der Waals surface area contributed by atoms with E-state index in [9.17, 15) is 4.79 Å². The molecule has 3 aromatic heterocycles. The zero-order chi connectivity index (χ0) is 22.5. The molecule has 1 saturated carbocycles. The van der Waals surface area contributed by atoms with Crippen molar-refractivity contribution in [2.45, 2.75) is 12.5 Å². The second-order valence-electron chi connectivity index (χ2n) is 8.81. The van der Waals surface area contributed by atoms with Crippen LogP contribution in [0, 0.1) is 17.8 Å². The van der Waals surface area contributed by atoms with Gasteiger partial charge in [-0.1, -0.05) is 12.2 Å². The predicted molar refractivity (Wildman–Crippen MR) is 129 cm³/mol. The molecule has 1 saturated heterocycles. The van der Waals surface area contributed by atoms with E-state index < -0.39 is 0 Å². The third kappa shape index (κ3) is 3.57. The Hall–Kier alpha value is -2.98. The van der Waals surface area contributed by atoms with Gasteiger partial charge in [0.1, 0.15) is 17.2 Å². The average molecular weight is 510 g/mol. The Morgan fingerprint density at radius 1 is 1.24 bits per heavy atom. The Balaban J connectivity index is 1.35. The van der Waals surface area contributed by atoms with Crippen molar-refractivity contribution in [1.29, 1.82) is 0 Å². The second kappa shape index (κ2) is 8.11. The first-order valence-corrected chi connectivity index (χ1v) is 12.0. The van der Waals surface area contributed by atoms with Gasteiger partial charge in [0.15, 0.2) is 5.65 Å². The van der Waals surface area contributed by atoms with E-state index in [0.717, 1.165) is 52.4 Å². The average Bonchev–Trinajstić information content (AvgIpc) is 3.56. The number of aromatic nitrogens is 4. The first-order valence-electron chi connectivity index (χ1n) is 11.2. The number of carbonyl (C=O) groups excluding carboxylic acids is 1. The van der Waals surface area contributed by atoms with Crippen LogP contribution in [0.4, 0.5) is 11.5 Å². The molecule has 33 heavy (non-hydrogen) atoms. The topological polar surface area (TPSA) is 122 Å². The van der Waals surface area contributed by atoms with Crippen LogP contribution < -0.4 is 16.0 Å². The standard InChI is InChI=1S/C23H24BrN7O2/c24-15-11-27-23-20(19(15)28-18-13-2-1-12(9-13)17(18)21(25)32)29-22(30-23)14-3-4-26-16(10-14)31-5-7-33-8-6-31/h1-4,10-13,17-18H,5-9H2,(H2,25,32)(H2,27,28,29,30)/t12-,13+,17+,18-/m1/s1. The van der Waals surface area contributed by atoms with Crippen molar-refractivity contribution in [3.8, 4) is 11.4 Å². The summed E-state index contributed by atoms with van der Waals surface area (Å²) in [7, 11) is 0. The quantitative estimate of drug-likeness (QED) is 0.452. The van der Waals surface area contributed by atoms with Gasteiger partial charge in [-0.2, -0.15) is 0 Å². The van der Waals surface area contributed by atoms with E-state index in [2.05, 4.69) is 53.3 Å². The summed E-state index contributed by atoms with van der Waals surface area (Å²) >= 11 is 3.62. The number of hydrogen-bond donors (Lipinski definition) is 3. The minimum Gasteiger partial charge on any atom is -0.378 e. The maximum Gasteiger partial charge on any atom is 0.223 e. The fraction of sp³-hybridized carbons (Fsp3) is 0.391. The lowest BCUT2D eigenvalue weighted by molar-refractivity contribution is -0.122. The summed E-state index contributed by atoms with van der Waals surface area (Å²) in [5, 5.41) is 3.59. The molecule has 4 heterocycles. The minimum absolute atomic E-state index is 0.0617. The van der Waals surface area contributed by atoms with Gasteiger partial charge >= 0.3 is 0 Å². The number of rotatable bonds is 5. The Labute approximate surface area is 199 Å². The zero-order valence-corrected chi connectivity index (χ0v) is 19.5. The number of nitrogens with zero attached hydrogens (tertiary/aromatic N) is 4. The van der Waals surface area contributed by atoms with E-state index >= 15 is 0 Å². The molecule has 1 aliphatic heterocycles. The van der Waals surface area contributed by atoms with Crippen molar-refractivity contribution < 1.29 is 9.53 Å². The lowest BCUT2D eigenvalue weighted by Crippen LogP contribution is -2.41. The zero-order valence-electron chi connectivity index (χ0n) is 17.9. The summed E-state index contributed by atoms with van der Waals surface area (Å²) in [4.78, 5) is 31.7. The number of aromatic amines is 1. The van der Waals surface area contributed by atoms with E-state index in [1.165, 1.54) is 0 Å². The van der Waals surface area contributed by atoms with Gasteiger partial charge in [-0.3, -0.25) is 4.79 Å².